The molecule has 7 aromatic carbocycles. The van der Waals surface area contributed by atoms with Crippen LogP contribution < -0.4 is 4.90 Å². The fourth-order valence-electron chi connectivity index (χ4n) is 9.41. The molecule has 0 fully saturated rings. The van der Waals surface area contributed by atoms with E-state index in [-0.39, 0.29) is 5.41 Å². The predicted molar refractivity (Wildman–Crippen MR) is 225 cm³/mol. The van der Waals surface area contributed by atoms with Crippen LogP contribution in [0, 0.1) is 0 Å². The summed E-state index contributed by atoms with van der Waals surface area (Å²) in [6.07, 6.45) is 5.04. The van der Waals surface area contributed by atoms with Crippen LogP contribution in [0.1, 0.15) is 50.7 Å². The highest BCUT2D eigenvalue weighted by atomic mass is 15.1. The molecule has 0 atom stereocenters. The van der Waals surface area contributed by atoms with Gasteiger partial charge in [-0.1, -0.05) is 129 Å². The molecule has 2 heteroatoms. The normalized spacial score (nSPS) is 14.8. The van der Waals surface area contributed by atoms with Crippen LogP contribution in [0.15, 0.2) is 175 Å². The van der Waals surface area contributed by atoms with Gasteiger partial charge < -0.3 is 9.47 Å². The number of anilines is 3. The van der Waals surface area contributed by atoms with Gasteiger partial charge in [-0.3, -0.25) is 0 Å². The monoisotopic (exact) mass is 682 g/mol. The van der Waals surface area contributed by atoms with E-state index in [2.05, 4.69) is 193 Å². The maximum absolute atomic E-state index is 2.45. The molecule has 2 aliphatic rings. The van der Waals surface area contributed by atoms with E-state index in [0.717, 1.165) is 17.1 Å². The molecule has 0 bridgehead atoms. The summed E-state index contributed by atoms with van der Waals surface area (Å²) in [6.45, 7) is 4.90. The summed E-state index contributed by atoms with van der Waals surface area (Å²) in [5.41, 5.74) is 18.3. The lowest BCUT2D eigenvalue weighted by molar-refractivity contribution is 0.575. The van der Waals surface area contributed by atoms with Crippen molar-refractivity contribution >= 4 is 44.4 Å². The number of allylic oxidation sites excluding steroid dienone is 2. The van der Waals surface area contributed by atoms with Crippen LogP contribution in [0.25, 0.3) is 55.3 Å². The Morgan fingerprint density at radius 2 is 1.11 bits per heavy atom. The molecule has 0 spiro atoms. The van der Waals surface area contributed by atoms with Gasteiger partial charge in [0.15, 0.2) is 0 Å². The highest BCUT2D eigenvalue weighted by Gasteiger charge is 2.40. The van der Waals surface area contributed by atoms with Crippen LogP contribution in [0.4, 0.5) is 17.1 Å². The lowest BCUT2D eigenvalue weighted by Gasteiger charge is -2.29. The highest BCUT2D eigenvalue weighted by molar-refractivity contribution is 6.10. The second-order valence-corrected chi connectivity index (χ2v) is 15.2. The van der Waals surface area contributed by atoms with Gasteiger partial charge in [0.1, 0.15) is 0 Å². The molecular formula is C51H42N2. The molecular weight excluding hydrogens is 641 g/mol. The van der Waals surface area contributed by atoms with Gasteiger partial charge in [0.2, 0.25) is 0 Å². The van der Waals surface area contributed by atoms with Crippen molar-refractivity contribution in [2.45, 2.75) is 44.9 Å². The van der Waals surface area contributed by atoms with E-state index in [4.69, 9.17) is 0 Å². The average Bonchev–Trinajstić information content (AvgIpc) is 3.67. The van der Waals surface area contributed by atoms with E-state index >= 15 is 0 Å². The molecule has 0 saturated carbocycles. The zero-order valence-corrected chi connectivity index (χ0v) is 30.4. The molecule has 0 aliphatic heterocycles. The molecule has 2 nitrogen and oxygen atoms in total. The molecule has 1 aromatic heterocycles. The van der Waals surface area contributed by atoms with Crippen LogP contribution in [0.2, 0.25) is 0 Å². The van der Waals surface area contributed by atoms with Crippen molar-refractivity contribution in [3.63, 3.8) is 0 Å². The van der Waals surface area contributed by atoms with Crippen molar-refractivity contribution in [1.82, 2.24) is 4.57 Å². The van der Waals surface area contributed by atoms with Crippen molar-refractivity contribution in [1.29, 1.82) is 0 Å². The Morgan fingerprint density at radius 1 is 0.472 bits per heavy atom. The number of fused-ring (bicyclic) bond motifs is 5. The van der Waals surface area contributed by atoms with E-state index in [1.54, 1.807) is 11.1 Å². The van der Waals surface area contributed by atoms with E-state index in [1.807, 2.05) is 0 Å². The van der Waals surface area contributed by atoms with E-state index in [0.29, 0.717) is 0 Å². The van der Waals surface area contributed by atoms with E-state index < -0.39 is 0 Å². The van der Waals surface area contributed by atoms with Gasteiger partial charge in [-0.15, -0.1) is 0 Å². The van der Waals surface area contributed by atoms with Crippen molar-refractivity contribution in [3.8, 4) is 27.9 Å². The Kier molecular flexibility index (Phi) is 7.47. The van der Waals surface area contributed by atoms with Crippen LogP contribution >= 0.6 is 0 Å². The maximum atomic E-state index is 2.45. The van der Waals surface area contributed by atoms with Crippen molar-refractivity contribution < 1.29 is 0 Å². The van der Waals surface area contributed by atoms with Crippen LogP contribution in [-0.4, -0.2) is 4.57 Å². The summed E-state index contributed by atoms with van der Waals surface area (Å²) in [7, 11) is 0. The first-order valence-electron chi connectivity index (χ1n) is 19.1. The fourth-order valence-corrected chi connectivity index (χ4v) is 9.41. The summed E-state index contributed by atoms with van der Waals surface area (Å²) in [5.74, 6) is 0. The topological polar surface area (TPSA) is 8.17 Å². The molecule has 8 aromatic rings. The van der Waals surface area contributed by atoms with Gasteiger partial charge in [-0.05, 0) is 125 Å². The van der Waals surface area contributed by atoms with Gasteiger partial charge >= 0.3 is 0 Å². The molecule has 0 radical (unpaired) electrons. The lowest BCUT2D eigenvalue weighted by Crippen LogP contribution is -2.19. The number of para-hydroxylation sites is 2. The lowest BCUT2D eigenvalue weighted by atomic mass is 9.75. The van der Waals surface area contributed by atoms with Gasteiger partial charge in [-0.25, -0.2) is 0 Å². The van der Waals surface area contributed by atoms with Crippen molar-refractivity contribution in [2.75, 3.05) is 4.90 Å². The molecule has 0 N–H and O–H groups in total. The number of nitrogens with zero attached hydrogens (tertiary/aromatic N) is 2. The average molecular weight is 683 g/mol. The molecule has 0 amide bonds. The smallest absolute Gasteiger partial charge is 0.0542 e. The predicted octanol–water partition coefficient (Wildman–Crippen LogP) is 14.2. The van der Waals surface area contributed by atoms with Crippen molar-refractivity contribution in [3.05, 3.63) is 187 Å². The second-order valence-electron chi connectivity index (χ2n) is 15.2. The standard InChI is InChI=1S/C51H42N2/c1-51(2)47-25-11-9-21-43(47)45-24-14-23-42(50(45)51)36-27-29-39(30-28-36)52(40-20-13-17-37(33-40)35-15-5-3-6-16-35)41-31-32-49-46(34-41)44-22-10-12-26-48(44)53(49)38-18-7-4-8-19-38/h3-8,10,12-20,22-24,26-34H,9,11,21,25H2,1-2H3. The van der Waals surface area contributed by atoms with Gasteiger partial charge in [0.25, 0.3) is 0 Å². The molecule has 2 aliphatic carbocycles. The molecule has 1 heterocycles. The minimum absolute atomic E-state index is 0.0542. The van der Waals surface area contributed by atoms with Crippen LogP contribution in [-0.2, 0) is 5.41 Å². The van der Waals surface area contributed by atoms with E-state index in [1.165, 1.54) is 86.6 Å². The maximum Gasteiger partial charge on any atom is 0.0542 e. The molecule has 0 saturated heterocycles. The summed E-state index contributed by atoms with van der Waals surface area (Å²) in [5, 5.41) is 2.49. The summed E-state index contributed by atoms with van der Waals surface area (Å²) >= 11 is 0. The Hall–Kier alpha value is -6.12. The van der Waals surface area contributed by atoms with Gasteiger partial charge in [0, 0.05) is 38.9 Å². The molecule has 0 unspecified atom stereocenters. The van der Waals surface area contributed by atoms with E-state index in [9.17, 15) is 0 Å². The third-order valence-corrected chi connectivity index (χ3v) is 11.8. The first kappa shape index (κ1) is 31.6. The Bertz CT molecular complexity index is 2680. The number of hydrogen-bond acceptors (Lipinski definition) is 1. The van der Waals surface area contributed by atoms with Gasteiger partial charge in [-0.2, -0.15) is 0 Å². The Balaban J connectivity index is 1.13. The first-order chi connectivity index (χ1) is 26.1. The Labute approximate surface area is 312 Å². The minimum Gasteiger partial charge on any atom is -0.310 e. The highest BCUT2D eigenvalue weighted by Crippen LogP contribution is 2.54. The Morgan fingerprint density at radius 3 is 1.94 bits per heavy atom. The van der Waals surface area contributed by atoms with Crippen LogP contribution in [0.5, 0.6) is 0 Å². The SMILES string of the molecule is CC1(C)C2=C(CCCC2)c2cccc(-c3ccc(N(c4cccc(-c5ccccc5)c4)c4ccc5c(c4)c4ccccc4n5-c4ccccc4)cc3)c21. The third-order valence-electron chi connectivity index (χ3n) is 11.8. The molecule has 256 valence electrons. The molecule has 10 rings (SSSR count). The summed E-state index contributed by atoms with van der Waals surface area (Å²) in [6, 6.07) is 62.4. The number of aromatic nitrogens is 1. The van der Waals surface area contributed by atoms with Gasteiger partial charge in [0.05, 0.1) is 11.0 Å². The quantitative estimate of drug-likeness (QED) is 0.169. The fraction of sp³-hybridized carbons (Fsp3) is 0.137. The van der Waals surface area contributed by atoms with Crippen molar-refractivity contribution in [2.24, 2.45) is 0 Å². The number of hydrogen-bond donors (Lipinski definition) is 0. The minimum atomic E-state index is 0.0542. The zero-order valence-electron chi connectivity index (χ0n) is 30.4. The number of benzene rings is 7. The largest absolute Gasteiger partial charge is 0.310 e. The summed E-state index contributed by atoms with van der Waals surface area (Å²) in [4.78, 5) is 2.42. The summed E-state index contributed by atoms with van der Waals surface area (Å²) < 4.78 is 2.39. The zero-order chi connectivity index (χ0) is 35.5. The van der Waals surface area contributed by atoms with Crippen LogP contribution in [0.3, 0.4) is 0 Å². The number of rotatable bonds is 6. The second kappa shape index (κ2) is 12.5. The molecule has 53 heavy (non-hydrogen) atoms. The third kappa shape index (κ3) is 5.16. The first-order valence-corrected chi connectivity index (χ1v) is 19.1.